The number of hydrogen-bond acceptors (Lipinski definition) is 4. The number of ether oxygens (including phenoxy) is 1. The quantitative estimate of drug-likeness (QED) is 0.910. The van der Waals surface area contributed by atoms with Crippen LogP contribution in [0.3, 0.4) is 0 Å². The zero-order valence-corrected chi connectivity index (χ0v) is 14.0. The standard InChI is InChI=1S/C18H19FN4O2/c1-11-20-9-15(17(21-11)12-2-3-12)22-18(24)23-6-7-25-16-8-14(19)5-4-13(16)10-23/h4-5,8-9,12H,2-3,6-7,10H2,1H3,(H,22,24). The highest BCUT2D eigenvalue weighted by Gasteiger charge is 2.29. The fraction of sp³-hybridized carbons (Fsp3) is 0.389. The van der Waals surface area contributed by atoms with E-state index in [1.807, 2.05) is 6.92 Å². The maximum Gasteiger partial charge on any atom is 0.322 e. The fourth-order valence-electron chi connectivity index (χ4n) is 2.96. The van der Waals surface area contributed by atoms with Gasteiger partial charge >= 0.3 is 6.03 Å². The van der Waals surface area contributed by atoms with Crippen LogP contribution in [0.2, 0.25) is 0 Å². The SMILES string of the molecule is Cc1ncc(NC(=O)N2CCOc3cc(F)ccc3C2)c(C2CC2)n1. The molecule has 1 aromatic carbocycles. The molecule has 2 amide bonds. The van der Waals surface area contributed by atoms with E-state index in [1.54, 1.807) is 17.2 Å². The van der Waals surface area contributed by atoms with Crippen molar-refractivity contribution in [3.63, 3.8) is 0 Å². The van der Waals surface area contributed by atoms with Crippen LogP contribution in [-0.2, 0) is 6.54 Å². The number of nitrogens with one attached hydrogen (secondary N) is 1. The van der Waals surface area contributed by atoms with E-state index in [4.69, 9.17) is 4.74 Å². The summed E-state index contributed by atoms with van der Waals surface area (Å²) in [5, 5.41) is 2.93. The van der Waals surface area contributed by atoms with Crippen LogP contribution < -0.4 is 10.1 Å². The Bertz CT molecular complexity index is 823. The summed E-state index contributed by atoms with van der Waals surface area (Å²) < 4.78 is 18.9. The molecule has 1 aliphatic heterocycles. The second-order valence-corrected chi connectivity index (χ2v) is 6.44. The molecule has 130 valence electrons. The van der Waals surface area contributed by atoms with E-state index in [9.17, 15) is 9.18 Å². The minimum atomic E-state index is -0.345. The van der Waals surface area contributed by atoms with Gasteiger partial charge in [0.25, 0.3) is 0 Å². The molecule has 7 heteroatoms. The number of aromatic nitrogens is 2. The molecule has 2 aliphatic rings. The Kier molecular flexibility index (Phi) is 3.99. The van der Waals surface area contributed by atoms with E-state index in [0.717, 1.165) is 24.1 Å². The third-order valence-electron chi connectivity index (χ3n) is 4.44. The van der Waals surface area contributed by atoms with Crippen molar-refractivity contribution in [2.45, 2.75) is 32.2 Å². The number of anilines is 1. The van der Waals surface area contributed by atoms with E-state index in [1.165, 1.54) is 12.1 Å². The van der Waals surface area contributed by atoms with Gasteiger partial charge in [-0.15, -0.1) is 0 Å². The number of aryl methyl sites for hydroxylation is 1. The Morgan fingerprint density at radius 3 is 3.04 bits per heavy atom. The summed E-state index contributed by atoms with van der Waals surface area (Å²) in [6.07, 6.45) is 3.86. The first-order chi connectivity index (χ1) is 12.1. The van der Waals surface area contributed by atoms with Gasteiger partial charge in [0.15, 0.2) is 0 Å². The average Bonchev–Trinajstić information content (AvgIpc) is 3.42. The molecule has 0 spiro atoms. The second-order valence-electron chi connectivity index (χ2n) is 6.44. The van der Waals surface area contributed by atoms with Crippen molar-refractivity contribution in [3.05, 3.63) is 47.3 Å². The molecule has 0 radical (unpaired) electrons. The van der Waals surface area contributed by atoms with E-state index in [0.29, 0.717) is 42.9 Å². The lowest BCUT2D eigenvalue weighted by Crippen LogP contribution is -2.36. The average molecular weight is 342 g/mol. The number of halogens is 1. The Balaban J connectivity index is 1.52. The molecule has 1 aromatic heterocycles. The Hall–Kier alpha value is -2.70. The largest absolute Gasteiger partial charge is 0.491 e. The lowest BCUT2D eigenvalue weighted by atomic mass is 10.2. The molecule has 0 bridgehead atoms. The third kappa shape index (κ3) is 3.40. The summed E-state index contributed by atoms with van der Waals surface area (Å²) in [5.41, 5.74) is 2.37. The van der Waals surface area contributed by atoms with Crippen molar-refractivity contribution in [2.24, 2.45) is 0 Å². The highest BCUT2D eigenvalue weighted by atomic mass is 19.1. The van der Waals surface area contributed by atoms with E-state index >= 15 is 0 Å². The Labute approximate surface area is 145 Å². The number of fused-ring (bicyclic) bond motifs is 1. The number of urea groups is 1. The van der Waals surface area contributed by atoms with Gasteiger partial charge in [0.2, 0.25) is 0 Å². The number of benzene rings is 1. The molecule has 1 N–H and O–H groups in total. The number of amides is 2. The summed E-state index contributed by atoms with van der Waals surface area (Å²) in [6, 6.07) is 4.16. The van der Waals surface area contributed by atoms with Crippen molar-refractivity contribution in [2.75, 3.05) is 18.5 Å². The number of rotatable bonds is 2. The molecule has 1 fully saturated rings. The van der Waals surface area contributed by atoms with E-state index in [-0.39, 0.29) is 11.8 Å². The highest BCUT2D eigenvalue weighted by Crippen LogP contribution is 2.42. The normalized spacial score (nSPS) is 16.6. The molecule has 25 heavy (non-hydrogen) atoms. The van der Waals surface area contributed by atoms with Crippen molar-refractivity contribution >= 4 is 11.7 Å². The zero-order valence-electron chi connectivity index (χ0n) is 14.0. The van der Waals surface area contributed by atoms with E-state index < -0.39 is 0 Å². The molecule has 6 nitrogen and oxygen atoms in total. The molecule has 2 aromatic rings. The minimum absolute atomic E-state index is 0.227. The van der Waals surface area contributed by atoms with Gasteiger partial charge in [-0.3, -0.25) is 0 Å². The maximum absolute atomic E-state index is 13.3. The monoisotopic (exact) mass is 342 g/mol. The van der Waals surface area contributed by atoms with Gasteiger partial charge in [-0.25, -0.2) is 19.2 Å². The number of nitrogens with zero attached hydrogens (tertiary/aromatic N) is 3. The molecule has 1 saturated carbocycles. The summed E-state index contributed by atoms with van der Waals surface area (Å²) in [4.78, 5) is 23.0. The van der Waals surface area contributed by atoms with Crippen LogP contribution in [0.1, 0.15) is 35.8 Å². The van der Waals surface area contributed by atoms with Crippen LogP contribution in [0.15, 0.2) is 24.4 Å². The van der Waals surface area contributed by atoms with Crippen LogP contribution in [0, 0.1) is 12.7 Å². The van der Waals surface area contributed by atoms with Gasteiger partial charge in [-0.2, -0.15) is 0 Å². The topological polar surface area (TPSA) is 67.4 Å². The predicted molar refractivity (Wildman–Crippen MR) is 90.1 cm³/mol. The van der Waals surface area contributed by atoms with Crippen LogP contribution in [-0.4, -0.2) is 34.1 Å². The molecule has 1 aliphatic carbocycles. The molecule has 0 saturated heterocycles. The zero-order chi connectivity index (χ0) is 17.4. The lowest BCUT2D eigenvalue weighted by molar-refractivity contribution is 0.200. The summed E-state index contributed by atoms with van der Waals surface area (Å²) in [7, 11) is 0. The molecule has 0 atom stereocenters. The summed E-state index contributed by atoms with van der Waals surface area (Å²) >= 11 is 0. The highest BCUT2D eigenvalue weighted by molar-refractivity contribution is 5.90. The molecular weight excluding hydrogens is 323 g/mol. The molecule has 0 unspecified atom stereocenters. The first-order valence-electron chi connectivity index (χ1n) is 8.41. The van der Waals surface area contributed by atoms with Crippen LogP contribution in [0.4, 0.5) is 14.9 Å². The Morgan fingerprint density at radius 1 is 1.40 bits per heavy atom. The summed E-state index contributed by atoms with van der Waals surface area (Å²) in [6.45, 7) is 2.96. The smallest absolute Gasteiger partial charge is 0.322 e. The van der Waals surface area contributed by atoms with Gasteiger partial charge in [0.1, 0.15) is 24.0 Å². The van der Waals surface area contributed by atoms with Crippen LogP contribution in [0.5, 0.6) is 5.75 Å². The first-order valence-corrected chi connectivity index (χ1v) is 8.41. The van der Waals surface area contributed by atoms with Gasteiger partial charge in [-0.05, 0) is 25.8 Å². The van der Waals surface area contributed by atoms with Crippen molar-refractivity contribution in [1.29, 1.82) is 0 Å². The van der Waals surface area contributed by atoms with Gasteiger partial charge in [-0.1, -0.05) is 6.07 Å². The molecule has 4 rings (SSSR count). The van der Waals surface area contributed by atoms with Crippen molar-refractivity contribution < 1.29 is 13.9 Å². The Morgan fingerprint density at radius 2 is 2.24 bits per heavy atom. The lowest BCUT2D eigenvalue weighted by Gasteiger charge is -2.21. The van der Waals surface area contributed by atoms with Crippen molar-refractivity contribution in [3.8, 4) is 5.75 Å². The number of carbonyl (C=O) groups is 1. The maximum atomic E-state index is 13.3. The van der Waals surface area contributed by atoms with Crippen LogP contribution >= 0.6 is 0 Å². The fourth-order valence-corrected chi connectivity index (χ4v) is 2.96. The molecule has 2 heterocycles. The van der Waals surface area contributed by atoms with Gasteiger partial charge in [0, 0.05) is 17.5 Å². The van der Waals surface area contributed by atoms with Crippen LogP contribution in [0.25, 0.3) is 0 Å². The second kappa shape index (κ2) is 6.31. The molecular formula is C18H19FN4O2. The van der Waals surface area contributed by atoms with E-state index in [2.05, 4.69) is 15.3 Å². The minimum Gasteiger partial charge on any atom is -0.491 e. The van der Waals surface area contributed by atoms with Gasteiger partial charge < -0.3 is 15.0 Å². The first kappa shape index (κ1) is 15.8. The number of hydrogen-bond donors (Lipinski definition) is 1. The summed E-state index contributed by atoms with van der Waals surface area (Å²) in [5.74, 6) is 1.27. The van der Waals surface area contributed by atoms with Crippen molar-refractivity contribution in [1.82, 2.24) is 14.9 Å². The van der Waals surface area contributed by atoms with Gasteiger partial charge in [0.05, 0.1) is 30.7 Å². The number of carbonyl (C=O) groups excluding carboxylic acids is 1. The predicted octanol–water partition coefficient (Wildman–Crippen LogP) is 3.23. The third-order valence-corrected chi connectivity index (χ3v) is 4.44.